The first kappa shape index (κ1) is 40.8. The molecule has 5 amide bonds. The molecular formula is C25H44N6O12. The minimum absolute atomic E-state index is 0.159. The minimum Gasteiger partial charge on any atom is -0.481 e. The van der Waals surface area contributed by atoms with Crippen molar-refractivity contribution in [1.82, 2.24) is 26.6 Å². The van der Waals surface area contributed by atoms with Crippen molar-refractivity contribution in [2.75, 3.05) is 19.7 Å². The van der Waals surface area contributed by atoms with Crippen LogP contribution in [0.25, 0.3) is 0 Å². The van der Waals surface area contributed by atoms with Gasteiger partial charge in [0.05, 0.1) is 25.7 Å². The van der Waals surface area contributed by atoms with Gasteiger partial charge < -0.3 is 52.7 Å². The van der Waals surface area contributed by atoms with Crippen molar-refractivity contribution in [3.8, 4) is 0 Å². The maximum absolute atomic E-state index is 12.7. The smallest absolute Gasteiger partial charge is 0.326 e. The third-order valence-corrected chi connectivity index (χ3v) is 5.78. The summed E-state index contributed by atoms with van der Waals surface area (Å²) in [6, 6.07) is -5.18. The molecule has 0 aliphatic rings. The molecule has 0 aromatic carbocycles. The van der Waals surface area contributed by atoms with E-state index < -0.39 is 110 Å². The highest BCUT2D eigenvalue weighted by Crippen LogP contribution is 2.09. The molecule has 0 fully saturated rings. The van der Waals surface area contributed by atoms with E-state index in [4.69, 9.17) is 20.7 Å². The molecule has 0 aromatic rings. The van der Waals surface area contributed by atoms with Gasteiger partial charge in [0.25, 0.3) is 5.97 Å². The third kappa shape index (κ3) is 18.7. The molecule has 18 nitrogen and oxygen atoms in total. The van der Waals surface area contributed by atoms with E-state index in [1.165, 1.54) is 0 Å². The molecule has 0 saturated carbocycles. The fourth-order valence-electron chi connectivity index (χ4n) is 3.01. The van der Waals surface area contributed by atoms with Crippen LogP contribution in [-0.4, -0.2) is 112 Å². The number of hydrogen-bond donors (Lipinski definition) is 10. The number of aliphatic carboxylic acids is 3. The van der Waals surface area contributed by atoms with Crippen molar-refractivity contribution >= 4 is 47.4 Å². The van der Waals surface area contributed by atoms with Crippen LogP contribution in [0.4, 0.5) is 0 Å². The lowest BCUT2D eigenvalue weighted by Gasteiger charge is -2.25. The number of nitrogens with one attached hydrogen (secondary N) is 5. The topological polar surface area (TPSA) is 304 Å². The molecule has 246 valence electrons. The lowest BCUT2D eigenvalue weighted by Crippen LogP contribution is -2.58. The monoisotopic (exact) mass is 620 g/mol. The van der Waals surface area contributed by atoms with E-state index in [2.05, 4.69) is 26.6 Å². The van der Waals surface area contributed by atoms with Gasteiger partial charge in [0.2, 0.25) is 29.5 Å². The summed E-state index contributed by atoms with van der Waals surface area (Å²) >= 11 is 0. The second-order valence-electron chi connectivity index (χ2n) is 9.79. The molecule has 0 bridgehead atoms. The lowest BCUT2D eigenvalue weighted by atomic mass is 9.98. The largest absolute Gasteiger partial charge is 0.481 e. The van der Waals surface area contributed by atoms with Gasteiger partial charge in [0.1, 0.15) is 18.1 Å². The van der Waals surface area contributed by atoms with E-state index in [1.807, 2.05) is 0 Å². The maximum Gasteiger partial charge on any atom is 0.326 e. The van der Waals surface area contributed by atoms with Gasteiger partial charge in [-0.2, -0.15) is 0 Å². The predicted molar refractivity (Wildman–Crippen MR) is 149 cm³/mol. The Bertz CT molecular complexity index is 986. The third-order valence-electron chi connectivity index (χ3n) is 5.78. The summed E-state index contributed by atoms with van der Waals surface area (Å²) in [6.07, 6.45) is -0.523. The summed E-state index contributed by atoms with van der Waals surface area (Å²) in [6.45, 7) is 5.86. The molecule has 0 heterocycles. The second kappa shape index (κ2) is 21.4. The van der Waals surface area contributed by atoms with E-state index in [1.54, 1.807) is 27.7 Å². The first-order valence-corrected chi connectivity index (χ1v) is 13.3. The molecule has 5 atom stereocenters. The van der Waals surface area contributed by atoms with Crippen LogP contribution in [0.2, 0.25) is 0 Å². The Morgan fingerprint density at radius 1 is 0.744 bits per heavy atom. The minimum atomic E-state index is -1.58. The van der Waals surface area contributed by atoms with Crippen LogP contribution in [0.3, 0.4) is 0 Å². The van der Waals surface area contributed by atoms with Gasteiger partial charge >= 0.3 is 11.9 Å². The van der Waals surface area contributed by atoms with E-state index in [-0.39, 0.29) is 5.92 Å². The Labute approximate surface area is 248 Å². The quantitative estimate of drug-likeness (QED) is 0.0720. The Balaban J connectivity index is 0. The average molecular weight is 621 g/mol. The number of nitrogens with two attached hydrogens (primary N) is 1. The normalized spacial score (nSPS) is 13.9. The molecule has 0 radical (unpaired) electrons. The second-order valence-corrected chi connectivity index (χ2v) is 9.79. The zero-order chi connectivity index (χ0) is 33.9. The van der Waals surface area contributed by atoms with Crippen molar-refractivity contribution < 1.29 is 58.8 Å². The summed E-state index contributed by atoms with van der Waals surface area (Å²) in [5, 5.41) is 46.5. The summed E-state index contributed by atoms with van der Waals surface area (Å²) < 4.78 is 0. The van der Waals surface area contributed by atoms with Gasteiger partial charge in [-0.1, -0.05) is 34.1 Å². The van der Waals surface area contributed by atoms with Gasteiger partial charge in [0.15, 0.2) is 0 Å². The van der Waals surface area contributed by atoms with Gasteiger partial charge in [-0.15, -0.1) is 0 Å². The number of carbonyl (C=O) groups excluding carboxylic acids is 5. The highest BCUT2D eigenvalue weighted by molar-refractivity contribution is 5.95. The highest BCUT2D eigenvalue weighted by Gasteiger charge is 2.31. The zero-order valence-electron chi connectivity index (χ0n) is 24.8. The number of carboxylic acids is 3. The van der Waals surface area contributed by atoms with E-state index in [0.717, 1.165) is 6.92 Å². The number of aliphatic hydroxyl groups is 1. The van der Waals surface area contributed by atoms with Crippen molar-refractivity contribution in [3.63, 3.8) is 0 Å². The summed E-state index contributed by atoms with van der Waals surface area (Å²) in [5.41, 5.74) is 5.66. The van der Waals surface area contributed by atoms with Crippen molar-refractivity contribution in [2.24, 2.45) is 17.6 Å². The molecule has 0 rings (SSSR count). The number of carbonyl (C=O) groups is 8. The van der Waals surface area contributed by atoms with E-state index >= 15 is 0 Å². The first-order chi connectivity index (χ1) is 19.9. The Morgan fingerprint density at radius 2 is 1.26 bits per heavy atom. The molecule has 0 aliphatic carbocycles. The van der Waals surface area contributed by atoms with E-state index in [0.29, 0.717) is 6.42 Å². The molecule has 18 heteroatoms. The molecule has 11 N–H and O–H groups in total. The Hall–Kier alpha value is -4.32. The van der Waals surface area contributed by atoms with Crippen LogP contribution in [0.5, 0.6) is 0 Å². The van der Waals surface area contributed by atoms with Crippen molar-refractivity contribution in [1.29, 1.82) is 0 Å². The standard InChI is InChI=1S/C23H40N6O10.C2H4O2/c1-5-12(4)19(23(38)39)29-20(35)13(6-7-17(33)34)28-21(36)14(10-30)27-16(32)9-25-15(31)8-26-22(37)18(24)11(2)3;1-2(3)4/h11-14,18-19,30H,5-10,24H2,1-4H3,(H,25,31)(H,26,37)(H,27,32)(H,28,36)(H,29,35)(H,33,34)(H,38,39);1H3,(H,3,4)/t12-,13-,14-,18-,19-;/m0./s1. The van der Waals surface area contributed by atoms with Crippen LogP contribution >= 0.6 is 0 Å². The average Bonchev–Trinajstić information content (AvgIpc) is 2.92. The lowest BCUT2D eigenvalue weighted by molar-refractivity contribution is -0.144. The number of carboxylic acid groups (broad SMARTS) is 3. The fourth-order valence-corrected chi connectivity index (χ4v) is 3.01. The summed E-state index contributed by atoms with van der Waals surface area (Å²) in [5.74, 6) is -8.22. The molecule has 0 aromatic heterocycles. The Kier molecular flexibility index (Phi) is 20.3. The number of aliphatic hydroxyl groups excluding tert-OH is 1. The van der Waals surface area contributed by atoms with Crippen molar-refractivity contribution in [3.05, 3.63) is 0 Å². The van der Waals surface area contributed by atoms with Crippen molar-refractivity contribution in [2.45, 2.75) is 78.0 Å². The number of hydrogen-bond acceptors (Lipinski definition) is 10. The summed E-state index contributed by atoms with van der Waals surface area (Å²) in [4.78, 5) is 92.7. The molecule has 0 spiro atoms. The Morgan fingerprint density at radius 3 is 1.70 bits per heavy atom. The molecule has 43 heavy (non-hydrogen) atoms. The zero-order valence-corrected chi connectivity index (χ0v) is 24.8. The number of rotatable bonds is 18. The number of amides is 5. The predicted octanol–water partition coefficient (Wildman–Crippen LogP) is -3.26. The molecule has 0 aliphatic heterocycles. The molecule has 0 unspecified atom stereocenters. The van der Waals surface area contributed by atoms with Crippen LogP contribution < -0.4 is 32.3 Å². The fraction of sp³-hybridized carbons (Fsp3) is 0.680. The summed E-state index contributed by atoms with van der Waals surface area (Å²) in [7, 11) is 0. The first-order valence-electron chi connectivity index (χ1n) is 13.3. The van der Waals surface area contributed by atoms with Gasteiger partial charge in [-0.05, 0) is 18.3 Å². The van der Waals surface area contributed by atoms with Gasteiger partial charge in [-0.25, -0.2) is 4.79 Å². The molecule has 0 saturated heterocycles. The van der Waals surface area contributed by atoms with Gasteiger partial charge in [-0.3, -0.25) is 33.6 Å². The van der Waals surface area contributed by atoms with Crippen LogP contribution in [0.15, 0.2) is 0 Å². The molecular weight excluding hydrogens is 576 g/mol. The highest BCUT2D eigenvalue weighted by atomic mass is 16.4. The van der Waals surface area contributed by atoms with Gasteiger partial charge in [0, 0.05) is 13.3 Å². The van der Waals surface area contributed by atoms with Crippen LogP contribution in [-0.2, 0) is 38.4 Å². The van der Waals surface area contributed by atoms with Crippen LogP contribution in [0, 0.1) is 11.8 Å². The van der Waals surface area contributed by atoms with Crippen LogP contribution in [0.1, 0.15) is 53.9 Å². The van der Waals surface area contributed by atoms with E-state index in [9.17, 15) is 43.8 Å². The maximum atomic E-state index is 12.7. The SMILES string of the molecule is CC(=O)O.CC[C@H](C)[C@H](NC(=O)[C@H](CCC(=O)O)NC(=O)[C@H](CO)NC(=O)CNC(=O)CNC(=O)[C@@H](N)C(C)C)C(=O)O.